The number of phenolic OH excluding ortho intramolecular Hbond substituents is 1. The van der Waals surface area contributed by atoms with Gasteiger partial charge in [-0.25, -0.2) is 0 Å². The Hall–Kier alpha value is -1.59. The van der Waals surface area contributed by atoms with Crippen LogP contribution in [0.3, 0.4) is 0 Å². The Balaban J connectivity index is 2.21. The van der Waals surface area contributed by atoms with Gasteiger partial charge in [0.2, 0.25) is 0 Å². The lowest BCUT2D eigenvalue weighted by Crippen LogP contribution is -2.50. The molecule has 2 atom stereocenters. The van der Waals surface area contributed by atoms with Gasteiger partial charge in [-0.15, -0.1) is 0 Å². The molecule has 2 unspecified atom stereocenters. The van der Waals surface area contributed by atoms with Crippen molar-refractivity contribution in [2.75, 3.05) is 13.1 Å². The number of aromatic hydroxyl groups is 1. The molecule has 1 aliphatic heterocycles. The third-order valence-corrected chi connectivity index (χ3v) is 3.88. The molecular weight excluding hydrogens is 244 g/mol. The van der Waals surface area contributed by atoms with E-state index in [4.69, 9.17) is 10.8 Å². The molecule has 1 heterocycles. The minimum Gasteiger partial charge on any atom is -0.508 e. The Bertz CT molecular complexity index is 478. The second kappa shape index (κ2) is 5.19. The first-order valence-electron chi connectivity index (χ1n) is 6.52. The lowest BCUT2D eigenvalue weighted by atomic mass is 10.00. The van der Waals surface area contributed by atoms with Crippen LogP contribution >= 0.6 is 0 Å². The topological polar surface area (TPSA) is 86.8 Å². The molecule has 2 rings (SSSR count). The van der Waals surface area contributed by atoms with Crippen LogP contribution in [0.25, 0.3) is 0 Å². The van der Waals surface area contributed by atoms with Crippen LogP contribution in [0, 0.1) is 0 Å². The predicted molar refractivity (Wildman–Crippen MR) is 71.9 cm³/mol. The van der Waals surface area contributed by atoms with Crippen molar-refractivity contribution in [3.63, 3.8) is 0 Å². The van der Waals surface area contributed by atoms with Crippen molar-refractivity contribution in [2.24, 2.45) is 5.73 Å². The molecule has 1 saturated heterocycles. The van der Waals surface area contributed by atoms with Gasteiger partial charge in [-0.05, 0) is 18.9 Å². The Labute approximate surface area is 112 Å². The molecule has 4 N–H and O–H groups in total. The third-order valence-electron chi connectivity index (χ3n) is 3.88. The van der Waals surface area contributed by atoms with Crippen LogP contribution in [-0.2, 0) is 4.79 Å². The van der Waals surface area contributed by atoms with Crippen molar-refractivity contribution in [1.82, 2.24) is 4.90 Å². The Morgan fingerprint density at radius 2 is 2.21 bits per heavy atom. The van der Waals surface area contributed by atoms with Crippen LogP contribution in [-0.4, -0.2) is 39.7 Å². The van der Waals surface area contributed by atoms with Gasteiger partial charge in [0.25, 0.3) is 0 Å². The Morgan fingerprint density at radius 1 is 1.53 bits per heavy atom. The number of aliphatic carboxylic acids is 1. The first-order valence-corrected chi connectivity index (χ1v) is 6.52. The molecular formula is C14H20N2O3. The van der Waals surface area contributed by atoms with Gasteiger partial charge in [-0.2, -0.15) is 0 Å². The highest BCUT2D eigenvalue weighted by Crippen LogP contribution is 2.35. The molecule has 0 aliphatic carbocycles. The number of hydrogen-bond acceptors (Lipinski definition) is 4. The lowest BCUT2D eigenvalue weighted by molar-refractivity contribution is -0.142. The molecule has 0 radical (unpaired) electrons. The van der Waals surface area contributed by atoms with E-state index in [0.717, 1.165) is 12.0 Å². The van der Waals surface area contributed by atoms with E-state index in [1.807, 2.05) is 24.0 Å². The predicted octanol–water partition coefficient (Wildman–Crippen LogP) is 1.33. The first kappa shape index (κ1) is 13.8. The number of rotatable bonds is 4. The Kier molecular flexibility index (Phi) is 3.78. The van der Waals surface area contributed by atoms with Gasteiger partial charge in [0.15, 0.2) is 0 Å². The summed E-state index contributed by atoms with van der Waals surface area (Å²) in [7, 11) is 0. The fourth-order valence-electron chi connectivity index (χ4n) is 2.75. The molecule has 0 saturated carbocycles. The molecule has 5 nitrogen and oxygen atoms in total. The molecule has 1 aromatic carbocycles. The van der Waals surface area contributed by atoms with Crippen LogP contribution in [0.1, 0.15) is 31.4 Å². The minimum absolute atomic E-state index is 0.00553. The van der Waals surface area contributed by atoms with E-state index < -0.39 is 11.5 Å². The maximum atomic E-state index is 11.2. The van der Waals surface area contributed by atoms with Crippen molar-refractivity contribution < 1.29 is 15.0 Å². The van der Waals surface area contributed by atoms with Crippen LogP contribution in [0.4, 0.5) is 0 Å². The van der Waals surface area contributed by atoms with Gasteiger partial charge >= 0.3 is 5.97 Å². The summed E-state index contributed by atoms with van der Waals surface area (Å²) in [5, 5.41) is 19.1. The van der Waals surface area contributed by atoms with Crippen LogP contribution in [0.2, 0.25) is 0 Å². The number of carboxylic acid groups (broad SMARTS) is 1. The number of hydrogen-bond donors (Lipinski definition) is 3. The first-order chi connectivity index (χ1) is 8.98. The SMILES string of the molecule is CCC(c1ccccc1O)N1CCC(N)(C(=O)O)C1. The van der Waals surface area contributed by atoms with E-state index in [1.165, 1.54) is 0 Å². The smallest absolute Gasteiger partial charge is 0.325 e. The van der Waals surface area contributed by atoms with Crippen LogP contribution < -0.4 is 5.73 Å². The summed E-state index contributed by atoms with van der Waals surface area (Å²) < 4.78 is 0. The van der Waals surface area contributed by atoms with E-state index >= 15 is 0 Å². The number of para-hydroxylation sites is 1. The second-order valence-electron chi connectivity index (χ2n) is 5.16. The molecule has 5 heteroatoms. The highest BCUT2D eigenvalue weighted by atomic mass is 16.4. The van der Waals surface area contributed by atoms with Gasteiger partial charge in [-0.1, -0.05) is 25.1 Å². The quantitative estimate of drug-likeness (QED) is 0.763. The zero-order chi connectivity index (χ0) is 14.0. The van der Waals surface area contributed by atoms with Crippen molar-refractivity contribution in [3.05, 3.63) is 29.8 Å². The zero-order valence-corrected chi connectivity index (χ0v) is 11.0. The molecule has 0 amide bonds. The average molecular weight is 264 g/mol. The van der Waals surface area contributed by atoms with E-state index in [2.05, 4.69) is 0 Å². The monoisotopic (exact) mass is 264 g/mol. The average Bonchev–Trinajstić information content (AvgIpc) is 2.77. The van der Waals surface area contributed by atoms with E-state index in [-0.39, 0.29) is 11.8 Å². The molecule has 1 aromatic rings. The zero-order valence-electron chi connectivity index (χ0n) is 11.0. The maximum absolute atomic E-state index is 11.2. The van der Waals surface area contributed by atoms with Crippen LogP contribution in [0.5, 0.6) is 5.75 Å². The second-order valence-corrected chi connectivity index (χ2v) is 5.16. The number of carboxylic acids is 1. The minimum atomic E-state index is -1.17. The third kappa shape index (κ3) is 2.57. The van der Waals surface area contributed by atoms with Gasteiger partial charge < -0.3 is 15.9 Å². The standard InChI is InChI=1S/C14H20N2O3/c1-2-11(10-5-3-4-6-12(10)17)16-8-7-14(15,9-16)13(18)19/h3-6,11,17H,2,7-9,15H2,1H3,(H,18,19). The molecule has 104 valence electrons. The number of phenols is 1. The fourth-order valence-corrected chi connectivity index (χ4v) is 2.75. The summed E-state index contributed by atoms with van der Waals surface area (Å²) in [4.78, 5) is 13.2. The van der Waals surface area contributed by atoms with E-state index in [1.54, 1.807) is 12.1 Å². The lowest BCUT2D eigenvalue weighted by Gasteiger charge is -2.28. The molecule has 1 aliphatic rings. The van der Waals surface area contributed by atoms with Crippen molar-refractivity contribution >= 4 is 5.97 Å². The van der Waals surface area contributed by atoms with Crippen molar-refractivity contribution in [2.45, 2.75) is 31.3 Å². The van der Waals surface area contributed by atoms with Crippen molar-refractivity contribution in [1.29, 1.82) is 0 Å². The molecule has 0 bridgehead atoms. The highest BCUT2D eigenvalue weighted by molar-refractivity contribution is 5.79. The summed E-state index contributed by atoms with van der Waals surface area (Å²) in [6, 6.07) is 7.19. The number of benzene rings is 1. The summed E-state index contributed by atoms with van der Waals surface area (Å²) in [6.07, 6.45) is 1.24. The summed E-state index contributed by atoms with van der Waals surface area (Å²) in [5.41, 5.74) is 5.56. The molecule has 0 spiro atoms. The summed E-state index contributed by atoms with van der Waals surface area (Å²) in [5.74, 6) is -0.707. The molecule has 19 heavy (non-hydrogen) atoms. The highest BCUT2D eigenvalue weighted by Gasteiger charge is 2.43. The number of likely N-dealkylation sites (tertiary alicyclic amines) is 1. The Morgan fingerprint density at radius 3 is 2.74 bits per heavy atom. The van der Waals surface area contributed by atoms with Crippen molar-refractivity contribution in [3.8, 4) is 5.75 Å². The van der Waals surface area contributed by atoms with E-state index in [9.17, 15) is 9.90 Å². The van der Waals surface area contributed by atoms with Gasteiger partial charge in [-0.3, -0.25) is 9.69 Å². The van der Waals surface area contributed by atoms with E-state index in [0.29, 0.717) is 19.5 Å². The number of nitrogens with zero attached hydrogens (tertiary/aromatic N) is 1. The fraction of sp³-hybridized carbons (Fsp3) is 0.500. The van der Waals surface area contributed by atoms with Crippen LogP contribution in [0.15, 0.2) is 24.3 Å². The van der Waals surface area contributed by atoms with Gasteiger partial charge in [0, 0.05) is 24.7 Å². The summed E-state index contributed by atoms with van der Waals surface area (Å²) in [6.45, 7) is 2.97. The van der Waals surface area contributed by atoms with Gasteiger partial charge in [0.1, 0.15) is 11.3 Å². The normalized spacial score (nSPS) is 25.4. The molecule has 0 aromatic heterocycles. The molecule has 1 fully saturated rings. The summed E-state index contributed by atoms with van der Waals surface area (Å²) >= 11 is 0. The maximum Gasteiger partial charge on any atom is 0.325 e. The van der Waals surface area contributed by atoms with Gasteiger partial charge in [0.05, 0.1) is 0 Å². The number of nitrogens with two attached hydrogens (primary N) is 1. The largest absolute Gasteiger partial charge is 0.508 e. The number of carbonyl (C=O) groups is 1.